The van der Waals surface area contributed by atoms with E-state index in [9.17, 15) is 13.2 Å². The van der Waals surface area contributed by atoms with Gasteiger partial charge in [-0.3, -0.25) is 9.48 Å². The van der Waals surface area contributed by atoms with Crippen molar-refractivity contribution in [1.82, 2.24) is 19.8 Å². The van der Waals surface area contributed by atoms with Gasteiger partial charge in [0.1, 0.15) is 5.69 Å². The molecule has 4 rings (SSSR count). The first-order valence-electron chi connectivity index (χ1n) is 9.57. The molecule has 0 unspecified atom stereocenters. The molecule has 0 bridgehead atoms. The predicted molar refractivity (Wildman–Crippen MR) is 108 cm³/mol. The molecule has 3 aromatic rings. The average molecular weight is 417 g/mol. The zero-order valence-electron chi connectivity index (χ0n) is 16.8. The number of nitrogens with zero attached hydrogens (tertiary/aromatic N) is 4. The van der Waals surface area contributed by atoms with Gasteiger partial charge in [-0.1, -0.05) is 17.3 Å². The molecule has 0 aliphatic carbocycles. The molecule has 154 valence electrons. The second-order valence-electron chi connectivity index (χ2n) is 7.70. The summed E-state index contributed by atoms with van der Waals surface area (Å²) in [5, 5.41) is 9.45. The number of hydrogen-bond donors (Lipinski definition) is 0. The lowest BCUT2D eigenvalue weighted by Crippen LogP contribution is -2.28. The minimum absolute atomic E-state index is 0.0703. The number of aryl methyl sites for hydroxylation is 1. The molecule has 9 heteroatoms. The van der Waals surface area contributed by atoms with Crippen molar-refractivity contribution in [2.75, 3.05) is 18.6 Å². The highest BCUT2D eigenvalue weighted by Crippen LogP contribution is 2.27. The minimum atomic E-state index is -2.99. The summed E-state index contributed by atoms with van der Waals surface area (Å²) in [6.07, 6.45) is 0.734. The second kappa shape index (κ2) is 7.29. The Hall–Kier alpha value is -2.68. The van der Waals surface area contributed by atoms with Gasteiger partial charge in [-0.15, -0.1) is 0 Å². The van der Waals surface area contributed by atoms with Gasteiger partial charge in [0.2, 0.25) is 5.91 Å². The average Bonchev–Trinajstić information content (AvgIpc) is 3.33. The smallest absolute Gasteiger partial charge is 0.228 e. The molecule has 1 saturated heterocycles. The summed E-state index contributed by atoms with van der Waals surface area (Å²) in [6, 6.07) is 7.34. The van der Waals surface area contributed by atoms with Crippen molar-refractivity contribution in [3.05, 3.63) is 46.9 Å². The SMILES string of the molecule is Cc1nn([C@@H]2CCS(=O)(=O)C2)c(C)c1CN(C)C(=O)Cc1noc2ccccc12. The Morgan fingerprint density at radius 1 is 1.31 bits per heavy atom. The van der Waals surface area contributed by atoms with Gasteiger partial charge in [0.15, 0.2) is 15.4 Å². The molecule has 0 saturated carbocycles. The van der Waals surface area contributed by atoms with Crippen LogP contribution in [0.1, 0.15) is 35.1 Å². The summed E-state index contributed by atoms with van der Waals surface area (Å²) < 4.78 is 30.7. The highest BCUT2D eigenvalue weighted by molar-refractivity contribution is 7.91. The number of hydrogen-bond acceptors (Lipinski definition) is 6. The summed E-state index contributed by atoms with van der Waals surface area (Å²) in [6.45, 7) is 4.24. The fourth-order valence-electron chi connectivity index (χ4n) is 3.92. The van der Waals surface area contributed by atoms with Crippen LogP contribution in [0.3, 0.4) is 0 Å². The molecular formula is C20H24N4O4S. The van der Waals surface area contributed by atoms with E-state index < -0.39 is 9.84 Å². The maximum absolute atomic E-state index is 12.8. The monoisotopic (exact) mass is 416 g/mol. The molecule has 1 fully saturated rings. The number of likely N-dealkylation sites (N-methyl/N-ethyl adjacent to an activating group) is 1. The van der Waals surface area contributed by atoms with E-state index in [2.05, 4.69) is 10.3 Å². The van der Waals surface area contributed by atoms with Crippen molar-refractivity contribution in [3.8, 4) is 0 Å². The summed E-state index contributed by atoms with van der Waals surface area (Å²) >= 11 is 0. The first-order chi connectivity index (χ1) is 13.7. The van der Waals surface area contributed by atoms with E-state index in [1.165, 1.54) is 0 Å². The van der Waals surface area contributed by atoms with Gasteiger partial charge in [-0.25, -0.2) is 8.42 Å². The number of benzene rings is 1. The van der Waals surface area contributed by atoms with E-state index in [-0.39, 0.29) is 29.9 Å². The number of para-hydroxylation sites is 1. The molecule has 0 radical (unpaired) electrons. The zero-order valence-corrected chi connectivity index (χ0v) is 17.6. The van der Waals surface area contributed by atoms with Gasteiger partial charge < -0.3 is 9.42 Å². The van der Waals surface area contributed by atoms with Gasteiger partial charge in [-0.2, -0.15) is 5.10 Å². The molecule has 0 N–H and O–H groups in total. The molecular weight excluding hydrogens is 392 g/mol. The highest BCUT2D eigenvalue weighted by atomic mass is 32.2. The minimum Gasteiger partial charge on any atom is -0.356 e. The number of sulfone groups is 1. The number of fused-ring (bicyclic) bond motifs is 1. The van der Waals surface area contributed by atoms with Crippen LogP contribution in [0, 0.1) is 13.8 Å². The summed E-state index contributed by atoms with van der Waals surface area (Å²) in [7, 11) is -1.24. The lowest BCUT2D eigenvalue weighted by atomic mass is 10.1. The van der Waals surface area contributed by atoms with E-state index >= 15 is 0 Å². The van der Waals surface area contributed by atoms with Crippen LogP contribution in [0.5, 0.6) is 0 Å². The standard InChI is InChI=1S/C20H24N4O4S/c1-13-17(14(2)24(21-13)15-8-9-29(26,27)12-15)11-23(3)20(25)10-18-16-6-4-5-7-19(16)28-22-18/h4-7,15H,8-12H2,1-3H3/t15-/m1/s1. The van der Waals surface area contributed by atoms with E-state index in [1.54, 1.807) is 11.9 Å². The molecule has 2 aromatic heterocycles. The van der Waals surface area contributed by atoms with Crippen LogP contribution in [0.15, 0.2) is 28.8 Å². The molecule has 29 heavy (non-hydrogen) atoms. The van der Waals surface area contributed by atoms with E-state index in [0.717, 1.165) is 22.3 Å². The third-order valence-electron chi connectivity index (χ3n) is 5.62. The molecule has 0 spiro atoms. The third kappa shape index (κ3) is 3.78. The maximum Gasteiger partial charge on any atom is 0.228 e. The number of rotatable bonds is 5. The molecule has 1 aromatic carbocycles. The predicted octanol–water partition coefficient (Wildman–Crippen LogP) is 2.20. The highest BCUT2D eigenvalue weighted by Gasteiger charge is 2.31. The van der Waals surface area contributed by atoms with Gasteiger partial charge in [0.05, 0.1) is 29.7 Å². The van der Waals surface area contributed by atoms with Crippen LogP contribution >= 0.6 is 0 Å². The van der Waals surface area contributed by atoms with E-state index in [0.29, 0.717) is 24.2 Å². The first-order valence-corrected chi connectivity index (χ1v) is 11.4. The van der Waals surface area contributed by atoms with Crippen molar-refractivity contribution >= 4 is 26.7 Å². The Labute approximate surface area is 169 Å². The van der Waals surface area contributed by atoms with Crippen molar-refractivity contribution in [1.29, 1.82) is 0 Å². The fraction of sp³-hybridized carbons (Fsp3) is 0.450. The van der Waals surface area contributed by atoms with Crippen molar-refractivity contribution in [3.63, 3.8) is 0 Å². The number of carbonyl (C=O) groups excluding carboxylic acids is 1. The number of amides is 1. The molecule has 1 aliphatic rings. The topological polar surface area (TPSA) is 98.3 Å². The van der Waals surface area contributed by atoms with Gasteiger partial charge >= 0.3 is 0 Å². The maximum atomic E-state index is 12.8. The Bertz CT molecular complexity index is 1180. The normalized spacial score (nSPS) is 18.4. The zero-order chi connectivity index (χ0) is 20.8. The quantitative estimate of drug-likeness (QED) is 0.632. The van der Waals surface area contributed by atoms with E-state index in [1.807, 2.05) is 42.8 Å². The lowest BCUT2D eigenvalue weighted by Gasteiger charge is -2.17. The largest absolute Gasteiger partial charge is 0.356 e. The van der Waals surface area contributed by atoms with Crippen LogP contribution in [0.2, 0.25) is 0 Å². The van der Waals surface area contributed by atoms with Crippen molar-refractivity contribution in [2.45, 2.75) is 39.3 Å². The molecule has 1 aliphatic heterocycles. The molecule has 8 nitrogen and oxygen atoms in total. The first kappa shape index (κ1) is 19.6. The molecule has 1 atom stereocenters. The van der Waals surface area contributed by atoms with Crippen LogP contribution < -0.4 is 0 Å². The van der Waals surface area contributed by atoms with E-state index in [4.69, 9.17) is 4.52 Å². The molecule has 3 heterocycles. The Morgan fingerprint density at radius 2 is 2.07 bits per heavy atom. The van der Waals surface area contributed by atoms with Crippen molar-refractivity contribution < 1.29 is 17.7 Å². The van der Waals surface area contributed by atoms with Gasteiger partial charge in [-0.05, 0) is 32.4 Å². The van der Waals surface area contributed by atoms with Crippen LogP contribution in [0.4, 0.5) is 0 Å². The van der Waals surface area contributed by atoms with Gasteiger partial charge in [0.25, 0.3) is 0 Å². The molecule has 1 amide bonds. The summed E-state index contributed by atoms with van der Waals surface area (Å²) in [4.78, 5) is 14.4. The summed E-state index contributed by atoms with van der Waals surface area (Å²) in [5.74, 6) is 0.261. The van der Waals surface area contributed by atoms with Gasteiger partial charge in [0, 0.05) is 30.2 Å². The Kier molecular flexibility index (Phi) is 4.94. The summed E-state index contributed by atoms with van der Waals surface area (Å²) in [5.41, 5.74) is 3.97. The third-order valence-corrected chi connectivity index (χ3v) is 7.37. The lowest BCUT2D eigenvalue weighted by molar-refractivity contribution is -0.129. The number of aromatic nitrogens is 3. The van der Waals surface area contributed by atoms with Crippen LogP contribution in [-0.2, 0) is 27.6 Å². The second-order valence-corrected chi connectivity index (χ2v) is 9.93. The van der Waals surface area contributed by atoms with Crippen molar-refractivity contribution in [2.24, 2.45) is 0 Å². The fourth-order valence-corrected chi connectivity index (χ4v) is 5.61. The Balaban J connectivity index is 1.49. The number of carbonyl (C=O) groups is 1. The Morgan fingerprint density at radius 3 is 2.79 bits per heavy atom. The van der Waals surface area contributed by atoms with Crippen LogP contribution in [0.25, 0.3) is 11.0 Å². The van der Waals surface area contributed by atoms with Crippen LogP contribution in [-0.4, -0.2) is 52.7 Å².